The van der Waals surface area contributed by atoms with Gasteiger partial charge in [-0.05, 0) is 11.6 Å². The van der Waals surface area contributed by atoms with Gasteiger partial charge >= 0.3 is 0 Å². The van der Waals surface area contributed by atoms with Gasteiger partial charge in [0.1, 0.15) is 0 Å². The van der Waals surface area contributed by atoms with Gasteiger partial charge in [-0.2, -0.15) is 0 Å². The first kappa shape index (κ1) is 11.8. The minimum absolute atomic E-state index is 0.539. The van der Waals surface area contributed by atoms with E-state index in [1.807, 2.05) is 0 Å². The second-order valence-electron chi connectivity index (χ2n) is 3.17. The molecule has 0 heterocycles. The van der Waals surface area contributed by atoms with Crippen molar-refractivity contribution in [1.29, 1.82) is 0 Å². The SMILES string of the molecule is CCCC[Si](Cl)(Cl)C(C)CC. The highest BCUT2D eigenvalue weighted by Crippen LogP contribution is 2.36. The second-order valence-corrected chi connectivity index (χ2v) is 10.8. The van der Waals surface area contributed by atoms with Crippen LogP contribution in [0.5, 0.6) is 0 Å². The molecule has 68 valence electrons. The Morgan fingerprint density at radius 2 is 1.82 bits per heavy atom. The van der Waals surface area contributed by atoms with Crippen LogP contribution < -0.4 is 0 Å². The number of halogens is 2. The summed E-state index contributed by atoms with van der Waals surface area (Å²) in [5.74, 6) is 0. The van der Waals surface area contributed by atoms with Crippen molar-refractivity contribution in [3.05, 3.63) is 0 Å². The summed E-state index contributed by atoms with van der Waals surface area (Å²) in [6.45, 7) is 4.62. The third kappa shape index (κ3) is 4.39. The summed E-state index contributed by atoms with van der Waals surface area (Å²) < 4.78 is 0. The maximum Gasteiger partial charge on any atom is 0.254 e. The van der Waals surface area contributed by atoms with Gasteiger partial charge < -0.3 is 0 Å². The number of hydrogen-bond acceptors (Lipinski definition) is 0. The van der Waals surface area contributed by atoms with E-state index in [2.05, 4.69) is 20.8 Å². The van der Waals surface area contributed by atoms with E-state index in [4.69, 9.17) is 22.2 Å². The Bertz CT molecular complexity index is 104. The molecule has 0 bridgehead atoms. The predicted octanol–water partition coefficient (Wildman–Crippen LogP) is 4.51. The van der Waals surface area contributed by atoms with Gasteiger partial charge in [0.15, 0.2) is 0 Å². The Morgan fingerprint density at radius 1 is 1.27 bits per heavy atom. The fourth-order valence-electron chi connectivity index (χ4n) is 0.958. The van der Waals surface area contributed by atoms with E-state index in [9.17, 15) is 0 Å². The van der Waals surface area contributed by atoms with Gasteiger partial charge in [-0.25, -0.2) is 0 Å². The van der Waals surface area contributed by atoms with Crippen molar-refractivity contribution in [1.82, 2.24) is 0 Å². The van der Waals surface area contributed by atoms with Crippen LogP contribution >= 0.6 is 22.2 Å². The summed E-state index contributed by atoms with van der Waals surface area (Å²) in [6, 6.07) is 1.06. The molecule has 11 heavy (non-hydrogen) atoms. The van der Waals surface area contributed by atoms with E-state index in [-0.39, 0.29) is 0 Å². The third-order valence-electron chi connectivity index (χ3n) is 2.20. The van der Waals surface area contributed by atoms with Gasteiger partial charge in [0.2, 0.25) is 0 Å². The number of hydrogen-bond donors (Lipinski definition) is 0. The van der Waals surface area contributed by atoms with Crippen molar-refractivity contribution in [2.24, 2.45) is 0 Å². The predicted molar refractivity (Wildman–Crippen MR) is 56.9 cm³/mol. The summed E-state index contributed by atoms with van der Waals surface area (Å²) in [5, 5.41) is 0. The molecule has 1 atom stereocenters. The first-order valence-electron chi connectivity index (χ1n) is 4.42. The molecule has 0 N–H and O–H groups in total. The lowest BCUT2D eigenvalue weighted by molar-refractivity contribution is 0.821. The molecule has 0 spiro atoms. The molecular weight excluding hydrogens is 195 g/mol. The highest BCUT2D eigenvalue weighted by molar-refractivity contribution is 7.45. The average molecular weight is 213 g/mol. The summed E-state index contributed by atoms with van der Waals surface area (Å²) in [6.07, 6.45) is 3.50. The van der Waals surface area contributed by atoms with E-state index < -0.39 is 6.69 Å². The molecule has 0 aromatic rings. The van der Waals surface area contributed by atoms with Gasteiger partial charge in [0.25, 0.3) is 6.69 Å². The number of rotatable bonds is 5. The maximum absolute atomic E-state index is 6.27. The highest BCUT2D eigenvalue weighted by Gasteiger charge is 2.33. The molecule has 0 aromatic carbocycles. The molecule has 0 rings (SSSR count). The zero-order chi connectivity index (χ0) is 8.91. The summed E-state index contributed by atoms with van der Waals surface area (Å²) in [5.41, 5.74) is 0.539. The maximum atomic E-state index is 6.27. The van der Waals surface area contributed by atoms with Crippen LogP contribution in [0.1, 0.15) is 40.0 Å². The van der Waals surface area contributed by atoms with Crippen molar-refractivity contribution in [2.45, 2.75) is 51.6 Å². The minimum Gasteiger partial charge on any atom is -0.146 e. The smallest absolute Gasteiger partial charge is 0.146 e. The first-order valence-corrected chi connectivity index (χ1v) is 8.73. The van der Waals surface area contributed by atoms with E-state index in [0.717, 1.165) is 12.5 Å². The van der Waals surface area contributed by atoms with Gasteiger partial charge in [-0.3, -0.25) is 0 Å². The molecule has 1 unspecified atom stereocenters. The molecule has 0 aromatic heterocycles. The normalized spacial score (nSPS) is 15.0. The van der Waals surface area contributed by atoms with Crippen molar-refractivity contribution < 1.29 is 0 Å². The van der Waals surface area contributed by atoms with E-state index in [1.165, 1.54) is 12.8 Å². The van der Waals surface area contributed by atoms with Gasteiger partial charge in [0, 0.05) is 0 Å². The molecule has 0 saturated heterocycles. The monoisotopic (exact) mass is 212 g/mol. The van der Waals surface area contributed by atoms with Crippen LogP contribution in [-0.2, 0) is 0 Å². The molecule has 0 aliphatic carbocycles. The van der Waals surface area contributed by atoms with Crippen LogP contribution in [0.2, 0.25) is 11.6 Å². The minimum atomic E-state index is -1.88. The molecule has 0 fully saturated rings. The fraction of sp³-hybridized carbons (Fsp3) is 1.00. The lowest BCUT2D eigenvalue weighted by Crippen LogP contribution is -2.24. The largest absolute Gasteiger partial charge is 0.254 e. The first-order chi connectivity index (χ1) is 5.04. The quantitative estimate of drug-likeness (QED) is 0.465. The van der Waals surface area contributed by atoms with Crippen molar-refractivity contribution >= 4 is 28.9 Å². The standard InChI is InChI=1S/C8H18Cl2Si/c1-4-6-7-11(9,10)8(3)5-2/h8H,4-7H2,1-3H3. The third-order valence-corrected chi connectivity index (χ3v) is 8.44. The topological polar surface area (TPSA) is 0 Å². The van der Waals surface area contributed by atoms with Gasteiger partial charge in [-0.1, -0.05) is 40.0 Å². The van der Waals surface area contributed by atoms with E-state index in [0.29, 0.717) is 5.54 Å². The highest BCUT2D eigenvalue weighted by atomic mass is 35.7. The Hall–Kier alpha value is 0.797. The molecule has 0 aliphatic rings. The second kappa shape index (κ2) is 5.44. The van der Waals surface area contributed by atoms with Crippen LogP contribution in [0.4, 0.5) is 0 Å². The number of unbranched alkanes of at least 4 members (excludes halogenated alkanes) is 1. The van der Waals surface area contributed by atoms with E-state index >= 15 is 0 Å². The summed E-state index contributed by atoms with van der Waals surface area (Å²) in [7, 11) is 0. The van der Waals surface area contributed by atoms with Crippen LogP contribution in [0.25, 0.3) is 0 Å². The molecule has 0 saturated carbocycles. The Labute approximate surface area is 80.7 Å². The molecule has 0 amide bonds. The molecule has 0 nitrogen and oxygen atoms in total. The fourth-order valence-corrected chi connectivity index (χ4v) is 4.60. The lowest BCUT2D eigenvalue weighted by Gasteiger charge is -2.22. The molecule has 3 heteroatoms. The molecule has 0 aliphatic heterocycles. The van der Waals surface area contributed by atoms with Gasteiger partial charge in [0.05, 0.1) is 0 Å². The Kier molecular flexibility index (Phi) is 5.84. The van der Waals surface area contributed by atoms with Crippen LogP contribution in [0, 0.1) is 0 Å². The van der Waals surface area contributed by atoms with Crippen LogP contribution in [0.15, 0.2) is 0 Å². The Balaban J connectivity index is 3.77. The van der Waals surface area contributed by atoms with Crippen molar-refractivity contribution in [3.63, 3.8) is 0 Å². The zero-order valence-corrected chi connectivity index (χ0v) is 10.2. The summed E-state index contributed by atoms with van der Waals surface area (Å²) in [4.78, 5) is 0. The van der Waals surface area contributed by atoms with Crippen molar-refractivity contribution in [3.8, 4) is 0 Å². The Morgan fingerprint density at radius 3 is 2.18 bits per heavy atom. The molecular formula is C8H18Cl2Si. The van der Waals surface area contributed by atoms with Crippen LogP contribution in [0.3, 0.4) is 0 Å². The lowest BCUT2D eigenvalue weighted by atomic mass is 10.4. The summed E-state index contributed by atoms with van der Waals surface area (Å²) >= 11 is 12.5. The van der Waals surface area contributed by atoms with Gasteiger partial charge in [-0.15, -0.1) is 22.2 Å². The average Bonchev–Trinajstić information content (AvgIpc) is 1.99. The molecule has 0 radical (unpaired) electrons. The van der Waals surface area contributed by atoms with Crippen LogP contribution in [-0.4, -0.2) is 6.69 Å². The van der Waals surface area contributed by atoms with Crippen molar-refractivity contribution in [2.75, 3.05) is 0 Å². The van der Waals surface area contributed by atoms with E-state index in [1.54, 1.807) is 0 Å². The zero-order valence-electron chi connectivity index (χ0n) is 7.66.